The van der Waals surface area contributed by atoms with Crippen LogP contribution >= 0.6 is 0 Å². The first kappa shape index (κ1) is 14.2. The zero-order valence-electron chi connectivity index (χ0n) is 9.44. The van der Waals surface area contributed by atoms with Crippen LogP contribution in [0.1, 0.15) is 6.92 Å². The van der Waals surface area contributed by atoms with E-state index in [0.29, 0.717) is 6.54 Å². The van der Waals surface area contributed by atoms with Gasteiger partial charge < -0.3 is 9.84 Å². The molecule has 1 heterocycles. The van der Waals surface area contributed by atoms with E-state index in [4.69, 9.17) is 15.1 Å². The summed E-state index contributed by atoms with van der Waals surface area (Å²) in [7, 11) is 0. The molecule has 0 radical (unpaired) electrons. The van der Waals surface area contributed by atoms with E-state index >= 15 is 0 Å². The Hall–Kier alpha value is -0.840. The normalized spacial score (nSPS) is 28.7. The van der Waals surface area contributed by atoms with E-state index in [-0.39, 0.29) is 25.8 Å². The minimum atomic E-state index is -4.51. The summed E-state index contributed by atoms with van der Waals surface area (Å²) >= 11 is 0. The molecule has 7 heteroatoms. The monoisotopic (exact) mass is 252 g/mol. The molecule has 1 aliphatic heterocycles. The largest absolute Gasteiger partial charge is 0.405 e. The number of morpholine rings is 1. The molecule has 4 nitrogen and oxygen atoms in total. The Morgan fingerprint density at radius 2 is 2.18 bits per heavy atom. The van der Waals surface area contributed by atoms with Crippen molar-refractivity contribution in [1.29, 1.82) is 5.26 Å². The molecule has 0 aromatic heterocycles. The van der Waals surface area contributed by atoms with Crippen LogP contribution in [-0.4, -0.2) is 54.6 Å². The number of aliphatic hydroxyl groups excluding tert-OH is 1. The summed E-state index contributed by atoms with van der Waals surface area (Å²) in [4.78, 5) is 1.51. The molecule has 0 saturated carbocycles. The third kappa shape index (κ3) is 4.15. The molecule has 98 valence electrons. The Morgan fingerprint density at radius 3 is 2.65 bits per heavy atom. The molecule has 1 rings (SSSR count). The first-order valence-electron chi connectivity index (χ1n) is 5.31. The van der Waals surface area contributed by atoms with Crippen molar-refractivity contribution in [2.75, 3.05) is 26.2 Å². The highest BCUT2D eigenvalue weighted by Crippen LogP contribution is 2.27. The van der Waals surface area contributed by atoms with Crippen molar-refractivity contribution in [3.63, 3.8) is 0 Å². The van der Waals surface area contributed by atoms with Crippen molar-refractivity contribution in [3.05, 3.63) is 0 Å². The lowest BCUT2D eigenvalue weighted by molar-refractivity contribution is -0.170. The van der Waals surface area contributed by atoms with Crippen LogP contribution in [0.5, 0.6) is 0 Å². The molecule has 0 aliphatic carbocycles. The SMILES string of the molecule is CC1CN(CC(C#N)C(F)(F)F)CC(CO)O1. The van der Waals surface area contributed by atoms with Crippen LogP contribution in [-0.2, 0) is 4.74 Å². The van der Waals surface area contributed by atoms with Crippen LogP contribution in [0.2, 0.25) is 0 Å². The van der Waals surface area contributed by atoms with Crippen molar-refractivity contribution in [3.8, 4) is 6.07 Å². The fraction of sp³-hybridized carbons (Fsp3) is 0.900. The van der Waals surface area contributed by atoms with Crippen LogP contribution < -0.4 is 0 Å². The Labute approximate surface area is 97.6 Å². The lowest BCUT2D eigenvalue weighted by atomic mass is 10.1. The van der Waals surface area contributed by atoms with Crippen LogP contribution in [0.15, 0.2) is 0 Å². The van der Waals surface area contributed by atoms with Crippen LogP contribution in [0.3, 0.4) is 0 Å². The first-order chi connectivity index (χ1) is 7.86. The maximum absolute atomic E-state index is 12.4. The third-order valence-electron chi connectivity index (χ3n) is 2.60. The molecule has 0 aromatic carbocycles. The van der Waals surface area contributed by atoms with E-state index in [2.05, 4.69) is 0 Å². The molecule has 0 aromatic rings. The van der Waals surface area contributed by atoms with E-state index in [1.54, 1.807) is 6.92 Å². The van der Waals surface area contributed by atoms with Gasteiger partial charge in [0.15, 0.2) is 5.92 Å². The molecule has 1 aliphatic rings. The number of aliphatic hydroxyl groups is 1. The molecule has 0 spiro atoms. The zero-order valence-corrected chi connectivity index (χ0v) is 9.44. The number of rotatable bonds is 3. The van der Waals surface area contributed by atoms with Crippen molar-refractivity contribution in [2.45, 2.75) is 25.3 Å². The van der Waals surface area contributed by atoms with Crippen molar-refractivity contribution in [1.82, 2.24) is 4.90 Å². The van der Waals surface area contributed by atoms with E-state index in [9.17, 15) is 13.2 Å². The number of nitriles is 1. The van der Waals surface area contributed by atoms with E-state index in [1.807, 2.05) is 0 Å². The fourth-order valence-corrected chi connectivity index (χ4v) is 1.87. The minimum Gasteiger partial charge on any atom is -0.394 e. The molecule has 1 N–H and O–H groups in total. The summed E-state index contributed by atoms with van der Waals surface area (Å²) in [5.41, 5.74) is 0. The number of ether oxygens (including phenoxy) is 1. The smallest absolute Gasteiger partial charge is 0.394 e. The second-order valence-corrected chi connectivity index (χ2v) is 4.19. The molecule has 1 saturated heterocycles. The molecule has 1 fully saturated rings. The predicted octanol–water partition coefficient (Wildman–Crippen LogP) is 0.770. The lowest BCUT2D eigenvalue weighted by Gasteiger charge is -2.37. The Balaban J connectivity index is 2.58. The minimum absolute atomic E-state index is 0.217. The quantitative estimate of drug-likeness (QED) is 0.806. The summed E-state index contributed by atoms with van der Waals surface area (Å²) in [6, 6.07) is 1.27. The van der Waals surface area contributed by atoms with Gasteiger partial charge in [-0.3, -0.25) is 4.90 Å². The van der Waals surface area contributed by atoms with Crippen molar-refractivity contribution in [2.24, 2.45) is 5.92 Å². The van der Waals surface area contributed by atoms with Gasteiger partial charge in [0.05, 0.1) is 24.9 Å². The van der Waals surface area contributed by atoms with Gasteiger partial charge in [-0.2, -0.15) is 18.4 Å². The zero-order chi connectivity index (χ0) is 13.1. The predicted molar refractivity (Wildman–Crippen MR) is 53.0 cm³/mol. The van der Waals surface area contributed by atoms with Gasteiger partial charge in [0.1, 0.15) is 0 Å². The molecule has 17 heavy (non-hydrogen) atoms. The van der Waals surface area contributed by atoms with Crippen LogP contribution in [0.25, 0.3) is 0 Å². The van der Waals surface area contributed by atoms with E-state index in [0.717, 1.165) is 0 Å². The topological polar surface area (TPSA) is 56.5 Å². The van der Waals surface area contributed by atoms with E-state index in [1.165, 1.54) is 11.0 Å². The van der Waals surface area contributed by atoms with Crippen molar-refractivity contribution >= 4 is 0 Å². The number of alkyl halides is 3. The number of halogens is 3. The van der Waals surface area contributed by atoms with Gasteiger partial charge in [-0.05, 0) is 6.92 Å². The highest BCUT2D eigenvalue weighted by atomic mass is 19.4. The van der Waals surface area contributed by atoms with Gasteiger partial charge in [0, 0.05) is 19.6 Å². The van der Waals surface area contributed by atoms with Crippen LogP contribution in [0.4, 0.5) is 13.2 Å². The maximum Gasteiger partial charge on any atom is 0.405 e. The molecule has 0 amide bonds. The average Bonchev–Trinajstić information content (AvgIpc) is 2.23. The first-order valence-corrected chi connectivity index (χ1v) is 5.31. The molecule has 3 atom stereocenters. The van der Waals surface area contributed by atoms with Gasteiger partial charge in [-0.15, -0.1) is 0 Å². The molecular weight excluding hydrogens is 237 g/mol. The summed E-state index contributed by atoms with van der Waals surface area (Å²) in [6.07, 6.45) is -5.23. The number of hydrogen-bond donors (Lipinski definition) is 1. The Kier molecular flexibility index (Phi) is 4.74. The lowest BCUT2D eigenvalue weighted by Crippen LogP contribution is -2.50. The Morgan fingerprint density at radius 1 is 1.53 bits per heavy atom. The van der Waals surface area contributed by atoms with Gasteiger partial charge in [0.2, 0.25) is 0 Å². The van der Waals surface area contributed by atoms with Gasteiger partial charge in [-0.25, -0.2) is 0 Å². The molecular formula is C10H15F3N2O2. The summed E-state index contributed by atoms with van der Waals surface area (Å²) in [5, 5.41) is 17.4. The van der Waals surface area contributed by atoms with Gasteiger partial charge in [0.25, 0.3) is 0 Å². The second-order valence-electron chi connectivity index (χ2n) is 4.19. The van der Waals surface area contributed by atoms with E-state index < -0.39 is 18.2 Å². The Bertz CT molecular complexity index is 290. The summed E-state index contributed by atoms with van der Waals surface area (Å²) in [6.45, 7) is 1.68. The summed E-state index contributed by atoms with van der Waals surface area (Å²) < 4.78 is 42.6. The van der Waals surface area contributed by atoms with Gasteiger partial charge in [-0.1, -0.05) is 0 Å². The van der Waals surface area contributed by atoms with Gasteiger partial charge >= 0.3 is 6.18 Å². The molecule has 3 unspecified atom stereocenters. The third-order valence-corrected chi connectivity index (χ3v) is 2.60. The highest BCUT2D eigenvalue weighted by molar-refractivity contribution is 4.92. The molecule has 0 bridgehead atoms. The number of nitrogens with zero attached hydrogens (tertiary/aromatic N) is 2. The number of hydrogen-bond acceptors (Lipinski definition) is 4. The maximum atomic E-state index is 12.4. The highest BCUT2D eigenvalue weighted by Gasteiger charge is 2.41. The van der Waals surface area contributed by atoms with Crippen molar-refractivity contribution < 1.29 is 23.0 Å². The second kappa shape index (κ2) is 5.67. The standard InChI is InChI=1S/C10H15F3N2O2/c1-7-3-15(5-9(6-16)17-7)4-8(2-14)10(11,12)13/h7-9,16H,3-6H2,1H3. The fourth-order valence-electron chi connectivity index (χ4n) is 1.87. The average molecular weight is 252 g/mol. The van der Waals surface area contributed by atoms with Crippen LogP contribution in [0, 0.1) is 17.2 Å². The summed E-state index contributed by atoms with van der Waals surface area (Å²) in [5.74, 6) is -1.99.